The fraction of sp³-hybridized carbons (Fsp3) is 0.516. The number of nitrogens with zero attached hydrogens (tertiary/aromatic N) is 6. The predicted octanol–water partition coefficient (Wildman–Crippen LogP) is 1.73. The summed E-state index contributed by atoms with van der Waals surface area (Å²) in [4.78, 5) is 98.6. The van der Waals surface area contributed by atoms with Crippen molar-refractivity contribution < 1.29 is 53.3 Å². The number of carboxylic acid groups (broad SMARTS) is 2. The van der Waals surface area contributed by atoms with Gasteiger partial charge in [0.05, 0.1) is 10.8 Å². The number of hydrogen-bond acceptors (Lipinski definition) is 17. The number of oxime groups is 1. The minimum atomic E-state index is -1.35. The summed E-state index contributed by atoms with van der Waals surface area (Å²) in [6.07, 6.45) is 0. The van der Waals surface area contributed by atoms with Gasteiger partial charge in [-0.25, -0.2) is 14.5 Å². The molecule has 1 fully saturated rings. The Morgan fingerprint density at radius 1 is 1.09 bits per heavy atom. The van der Waals surface area contributed by atoms with Crippen molar-refractivity contribution in [3.8, 4) is 5.88 Å². The van der Waals surface area contributed by atoms with E-state index in [9.17, 15) is 38.7 Å². The summed E-state index contributed by atoms with van der Waals surface area (Å²) in [6, 6.07) is -1.08. The second kappa shape index (κ2) is 18.7. The Labute approximate surface area is 331 Å². The first kappa shape index (κ1) is 44.7. The second-order valence-electron chi connectivity index (χ2n) is 13.4. The summed E-state index contributed by atoms with van der Waals surface area (Å²) in [6.45, 7) is 9.43. The predicted molar refractivity (Wildman–Crippen MR) is 201 cm³/mol. The lowest BCUT2D eigenvalue weighted by atomic mass is 9.98. The Balaban J connectivity index is 0.00000106. The normalized spacial score (nSPS) is 16.9. The number of fused-ring (bicyclic) bond motifs is 1. The van der Waals surface area contributed by atoms with Crippen molar-refractivity contribution in [1.29, 1.82) is 0 Å². The van der Waals surface area contributed by atoms with Gasteiger partial charge in [0.15, 0.2) is 16.0 Å². The SMILES string of the molecule is CC(C)(C)C(=O)O.CO/N=C(\C(=O)N[C@@H]1C(=O)N2C(C(=O)O)=C(CSc3nc(=O)c(OCOC(=O)C(C)(C)C)nn3C)CS[C@H]12)c1csc(NC(=O)CCl)n1. The highest BCUT2D eigenvalue weighted by molar-refractivity contribution is 8.01. The Morgan fingerprint density at radius 3 is 2.31 bits per heavy atom. The molecule has 2 aromatic rings. The van der Waals surface area contributed by atoms with Crippen molar-refractivity contribution in [2.24, 2.45) is 23.0 Å². The van der Waals surface area contributed by atoms with Crippen LogP contribution in [0, 0.1) is 10.8 Å². The van der Waals surface area contributed by atoms with Crippen LogP contribution in [-0.4, -0.2) is 119 Å². The van der Waals surface area contributed by atoms with E-state index in [2.05, 4.69) is 30.9 Å². The van der Waals surface area contributed by atoms with Gasteiger partial charge in [0.25, 0.3) is 11.8 Å². The maximum atomic E-state index is 13.2. The molecule has 0 spiro atoms. The van der Waals surface area contributed by atoms with Crippen molar-refractivity contribution in [3.63, 3.8) is 0 Å². The number of carbonyl (C=O) groups excluding carboxylic acids is 4. The molecule has 2 aromatic heterocycles. The number of aryl methyl sites for hydroxylation is 1. The number of β-lactam (4-membered cyclic amide) rings is 1. The summed E-state index contributed by atoms with van der Waals surface area (Å²) in [5.41, 5.74) is -2.24. The maximum absolute atomic E-state index is 13.2. The lowest BCUT2D eigenvalue weighted by Gasteiger charge is -2.49. The van der Waals surface area contributed by atoms with E-state index in [0.717, 1.165) is 28.0 Å². The fourth-order valence-corrected chi connectivity index (χ4v) is 7.22. The Bertz CT molecular complexity index is 1950. The van der Waals surface area contributed by atoms with Gasteiger partial charge >= 0.3 is 29.3 Å². The maximum Gasteiger partial charge on any atom is 0.352 e. The number of halogens is 1. The van der Waals surface area contributed by atoms with Gasteiger partial charge < -0.3 is 35.2 Å². The van der Waals surface area contributed by atoms with E-state index in [1.807, 2.05) is 0 Å². The summed E-state index contributed by atoms with van der Waals surface area (Å²) < 4.78 is 11.4. The van der Waals surface area contributed by atoms with Gasteiger partial charge in [0.2, 0.25) is 12.7 Å². The zero-order valence-electron chi connectivity index (χ0n) is 30.8. The van der Waals surface area contributed by atoms with Crippen LogP contribution in [0.1, 0.15) is 47.2 Å². The largest absolute Gasteiger partial charge is 0.481 e. The first-order valence-corrected chi connectivity index (χ1v) is 19.3. The van der Waals surface area contributed by atoms with E-state index in [-0.39, 0.29) is 44.8 Å². The standard InChI is InChI=1S/C26H29ClN8O10S3.C5H10O2/c1-26(2,3)23(42)45-10-44-19-18(38)31-25(34(4)32-19)48-8-11-7-46-21-15(20(39)35(21)16(11)22(40)41)30-17(37)14(33-43-5)12-9-47-24(28-12)29-13(36)6-27;1-5(2,3)4(6)7/h9,15,21H,6-8,10H2,1-5H3,(H,30,37)(H,40,41)(H,28,29,36);1-3H3,(H,6,7)/b33-14-;/t15-,21-;/m1./s1. The van der Waals surface area contributed by atoms with Crippen molar-refractivity contribution in [2.75, 3.05) is 36.6 Å². The number of rotatable bonds is 13. The number of carbonyl (C=O) groups is 6. The molecule has 3 amide bonds. The Morgan fingerprint density at radius 2 is 1.75 bits per heavy atom. The molecule has 0 bridgehead atoms. The first-order valence-electron chi connectivity index (χ1n) is 15.9. The molecular formula is C31H39ClN8O12S3. The monoisotopic (exact) mass is 846 g/mol. The number of aromatic nitrogens is 4. The van der Waals surface area contributed by atoms with Crippen molar-refractivity contribution in [3.05, 3.63) is 32.7 Å². The first-order chi connectivity index (χ1) is 25.6. The number of aliphatic carboxylic acids is 2. The minimum absolute atomic E-state index is 0.0462. The molecule has 20 nitrogen and oxygen atoms in total. The van der Waals surface area contributed by atoms with Crippen molar-refractivity contribution >= 4 is 92.9 Å². The Hall–Kier alpha value is -4.74. The summed E-state index contributed by atoms with van der Waals surface area (Å²) in [5.74, 6) is -5.06. The molecule has 24 heteroatoms. The molecule has 300 valence electrons. The average molecular weight is 847 g/mol. The van der Waals surface area contributed by atoms with Crippen LogP contribution >= 0.6 is 46.5 Å². The number of amides is 3. The van der Waals surface area contributed by atoms with Gasteiger partial charge in [-0.05, 0) is 47.1 Å². The van der Waals surface area contributed by atoms with Crippen LogP contribution < -0.4 is 20.9 Å². The van der Waals surface area contributed by atoms with E-state index in [1.54, 1.807) is 41.5 Å². The number of thioether (sulfide) groups is 2. The van der Waals surface area contributed by atoms with E-state index in [1.165, 1.54) is 36.0 Å². The molecule has 0 unspecified atom stereocenters. The third-order valence-corrected chi connectivity index (χ3v) is 10.4. The molecule has 4 N–H and O–H groups in total. The van der Waals surface area contributed by atoms with Crippen LogP contribution in [0.3, 0.4) is 0 Å². The smallest absolute Gasteiger partial charge is 0.352 e. The third-order valence-electron chi connectivity index (χ3n) is 6.96. The molecule has 4 rings (SSSR count). The van der Waals surface area contributed by atoms with Crippen molar-refractivity contribution in [2.45, 2.75) is 58.1 Å². The molecule has 0 aliphatic carbocycles. The van der Waals surface area contributed by atoms with Gasteiger partial charge in [0.1, 0.15) is 35.8 Å². The fourth-order valence-electron chi connectivity index (χ4n) is 4.04. The number of esters is 1. The Kier molecular flexibility index (Phi) is 15.2. The zero-order valence-corrected chi connectivity index (χ0v) is 34.0. The number of hydrogen-bond donors (Lipinski definition) is 4. The lowest BCUT2D eigenvalue weighted by molar-refractivity contribution is -0.160. The number of alkyl halides is 1. The molecule has 2 atom stereocenters. The third kappa shape index (κ3) is 11.6. The number of carboxylic acids is 2. The number of nitrogens with one attached hydrogen (secondary N) is 2. The van der Waals surface area contributed by atoms with Gasteiger partial charge in [-0.15, -0.1) is 39.8 Å². The average Bonchev–Trinajstić information content (AvgIpc) is 3.56. The minimum Gasteiger partial charge on any atom is -0.481 e. The van der Waals surface area contributed by atoms with Crippen LogP contribution in [0.15, 0.2) is 31.8 Å². The molecular weight excluding hydrogens is 808 g/mol. The molecule has 1 saturated heterocycles. The summed E-state index contributed by atoms with van der Waals surface area (Å²) in [5, 5.41) is 32.1. The molecule has 55 heavy (non-hydrogen) atoms. The molecule has 2 aliphatic rings. The van der Waals surface area contributed by atoms with Gasteiger partial charge in [0, 0.05) is 23.9 Å². The molecule has 0 radical (unpaired) electrons. The number of thiazole rings is 1. The van der Waals surface area contributed by atoms with E-state index in [0.29, 0.717) is 5.57 Å². The number of ether oxygens (including phenoxy) is 2. The highest BCUT2D eigenvalue weighted by Gasteiger charge is 2.54. The summed E-state index contributed by atoms with van der Waals surface area (Å²) >= 11 is 8.77. The lowest BCUT2D eigenvalue weighted by Crippen LogP contribution is -2.71. The van der Waals surface area contributed by atoms with Gasteiger partial charge in [-0.3, -0.25) is 33.7 Å². The quantitative estimate of drug-likeness (QED) is 0.0425. The molecule has 0 aromatic carbocycles. The van der Waals surface area contributed by atoms with Crippen LogP contribution in [0.4, 0.5) is 5.13 Å². The van der Waals surface area contributed by atoms with Crippen LogP contribution in [0.25, 0.3) is 0 Å². The van der Waals surface area contributed by atoms with Crippen LogP contribution in [0.5, 0.6) is 5.88 Å². The van der Waals surface area contributed by atoms with Crippen LogP contribution in [0.2, 0.25) is 0 Å². The second-order valence-corrected chi connectivity index (χ2v) is 16.5. The molecule has 2 aliphatic heterocycles. The van der Waals surface area contributed by atoms with Gasteiger partial charge in [-0.2, -0.15) is 4.98 Å². The highest BCUT2D eigenvalue weighted by Crippen LogP contribution is 2.41. The molecule has 4 heterocycles. The van der Waals surface area contributed by atoms with E-state index < -0.39 is 76.1 Å². The van der Waals surface area contributed by atoms with E-state index >= 15 is 0 Å². The van der Waals surface area contributed by atoms with Crippen LogP contribution in [-0.2, 0) is 45.4 Å². The molecule has 0 saturated carbocycles. The van der Waals surface area contributed by atoms with Gasteiger partial charge in [-0.1, -0.05) is 16.9 Å². The summed E-state index contributed by atoms with van der Waals surface area (Å²) in [7, 11) is 2.71. The van der Waals surface area contributed by atoms with E-state index in [4.69, 9.17) is 31.0 Å². The highest BCUT2D eigenvalue weighted by atomic mass is 35.5. The number of anilines is 1. The topological polar surface area (TPSA) is 271 Å². The zero-order chi connectivity index (χ0) is 41.4. The van der Waals surface area contributed by atoms with Crippen molar-refractivity contribution in [1.82, 2.24) is 30.0 Å².